The summed E-state index contributed by atoms with van der Waals surface area (Å²) < 4.78 is 5.05. The van der Waals surface area contributed by atoms with Crippen LogP contribution in [0.4, 0.5) is 0 Å². The standard InChI is InChI=1S/C10H10N4O2S/c1-16-7-4-2-6(3-5-7)9-13-14-10(17-9)8(15)12-11/h2-5H,11H2,1H3,(H,12,15). The molecule has 3 N–H and O–H groups in total. The van der Waals surface area contributed by atoms with Gasteiger partial charge in [-0.05, 0) is 24.3 Å². The fourth-order valence-corrected chi connectivity index (χ4v) is 1.98. The van der Waals surface area contributed by atoms with Crippen LogP contribution in [-0.2, 0) is 0 Å². The van der Waals surface area contributed by atoms with Crippen LogP contribution >= 0.6 is 11.3 Å². The number of carbonyl (C=O) groups is 1. The number of methoxy groups -OCH3 is 1. The fraction of sp³-hybridized carbons (Fsp3) is 0.100. The van der Waals surface area contributed by atoms with Crippen LogP contribution in [0.1, 0.15) is 9.80 Å². The first-order valence-electron chi connectivity index (χ1n) is 4.73. The molecule has 0 fully saturated rings. The van der Waals surface area contributed by atoms with Crippen molar-refractivity contribution in [1.29, 1.82) is 0 Å². The topological polar surface area (TPSA) is 90.1 Å². The van der Waals surface area contributed by atoms with Crippen LogP contribution in [0.2, 0.25) is 0 Å². The molecule has 0 aliphatic rings. The molecule has 88 valence electrons. The lowest BCUT2D eigenvalue weighted by Gasteiger charge is -1.99. The summed E-state index contributed by atoms with van der Waals surface area (Å²) in [7, 11) is 1.60. The van der Waals surface area contributed by atoms with E-state index < -0.39 is 5.91 Å². The number of nitrogens with zero attached hydrogens (tertiary/aromatic N) is 2. The van der Waals surface area contributed by atoms with E-state index in [1.54, 1.807) is 7.11 Å². The first-order valence-corrected chi connectivity index (χ1v) is 5.55. The van der Waals surface area contributed by atoms with Crippen LogP contribution in [0.5, 0.6) is 5.75 Å². The molecular weight excluding hydrogens is 240 g/mol. The van der Waals surface area contributed by atoms with Crippen molar-refractivity contribution >= 4 is 17.2 Å². The number of hydrazine groups is 1. The van der Waals surface area contributed by atoms with E-state index in [1.807, 2.05) is 29.7 Å². The SMILES string of the molecule is COc1ccc(-c2nnc(C(=O)NN)s2)cc1. The lowest BCUT2D eigenvalue weighted by molar-refractivity contribution is 0.0952. The van der Waals surface area contributed by atoms with Crippen molar-refractivity contribution < 1.29 is 9.53 Å². The van der Waals surface area contributed by atoms with Crippen LogP contribution in [0, 0.1) is 0 Å². The van der Waals surface area contributed by atoms with E-state index in [2.05, 4.69) is 10.2 Å². The molecular formula is C10H10N4O2S. The number of nitrogens with one attached hydrogen (secondary N) is 1. The van der Waals surface area contributed by atoms with Gasteiger partial charge in [-0.1, -0.05) is 11.3 Å². The molecule has 0 unspecified atom stereocenters. The van der Waals surface area contributed by atoms with Crippen LogP contribution < -0.4 is 16.0 Å². The minimum absolute atomic E-state index is 0.235. The van der Waals surface area contributed by atoms with Crippen molar-refractivity contribution in [3.05, 3.63) is 29.3 Å². The molecule has 1 heterocycles. The predicted octanol–water partition coefficient (Wildman–Crippen LogP) is 0.817. The van der Waals surface area contributed by atoms with Gasteiger partial charge in [0.25, 0.3) is 5.91 Å². The maximum absolute atomic E-state index is 11.2. The third-order valence-corrected chi connectivity index (χ3v) is 3.06. The second-order valence-corrected chi connectivity index (χ2v) is 4.09. The molecule has 0 radical (unpaired) electrons. The summed E-state index contributed by atoms with van der Waals surface area (Å²) in [6.45, 7) is 0. The van der Waals surface area contributed by atoms with Crippen molar-refractivity contribution in [3.63, 3.8) is 0 Å². The molecule has 1 amide bonds. The highest BCUT2D eigenvalue weighted by atomic mass is 32.1. The number of aromatic nitrogens is 2. The van der Waals surface area contributed by atoms with Crippen LogP contribution in [0.15, 0.2) is 24.3 Å². The van der Waals surface area contributed by atoms with Crippen molar-refractivity contribution in [2.75, 3.05) is 7.11 Å². The first kappa shape index (κ1) is 11.5. The van der Waals surface area contributed by atoms with E-state index in [1.165, 1.54) is 11.3 Å². The summed E-state index contributed by atoms with van der Waals surface area (Å²) in [6.07, 6.45) is 0. The van der Waals surface area contributed by atoms with Crippen molar-refractivity contribution in [2.24, 2.45) is 5.84 Å². The molecule has 17 heavy (non-hydrogen) atoms. The van der Waals surface area contributed by atoms with E-state index in [9.17, 15) is 4.79 Å². The molecule has 2 rings (SSSR count). The van der Waals surface area contributed by atoms with Gasteiger partial charge < -0.3 is 4.74 Å². The zero-order valence-electron chi connectivity index (χ0n) is 9.01. The lowest BCUT2D eigenvalue weighted by atomic mass is 10.2. The molecule has 0 aliphatic carbocycles. The molecule has 0 spiro atoms. The van der Waals surface area contributed by atoms with Crippen LogP contribution in [0.25, 0.3) is 10.6 Å². The molecule has 6 nitrogen and oxygen atoms in total. The minimum atomic E-state index is -0.442. The molecule has 0 aliphatic heterocycles. The number of nitrogen functional groups attached to an aromatic ring is 1. The second-order valence-electron chi connectivity index (χ2n) is 3.11. The Kier molecular flexibility index (Phi) is 3.31. The van der Waals surface area contributed by atoms with E-state index >= 15 is 0 Å². The Labute approximate surface area is 101 Å². The smallest absolute Gasteiger partial charge is 0.296 e. The Balaban J connectivity index is 2.27. The highest BCUT2D eigenvalue weighted by molar-refractivity contribution is 7.16. The third-order valence-electron chi connectivity index (χ3n) is 2.09. The predicted molar refractivity (Wildman–Crippen MR) is 63.6 cm³/mol. The van der Waals surface area contributed by atoms with Gasteiger partial charge in [-0.15, -0.1) is 10.2 Å². The van der Waals surface area contributed by atoms with Gasteiger partial charge in [0.1, 0.15) is 10.8 Å². The molecule has 0 saturated carbocycles. The van der Waals surface area contributed by atoms with Crippen LogP contribution in [0.3, 0.4) is 0 Å². The Morgan fingerprint density at radius 2 is 2.06 bits per heavy atom. The zero-order chi connectivity index (χ0) is 12.3. The average molecular weight is 250 g/mol. The number of hydrogen-bond donors (Lipinski definition) is 2. The summed E-state index contributed by atoms with van der Waals surface area (Å²) in [5.41, 5.74) is 2.89. The Morgan fingerprint density at radius 3 is 2.65 bits per heavy atom. The number of benzene rings is 1. The summed E-state index contributed by atoms with van der Waals surface area (Å²) in [5.74, 6) is 5.33. The van der Waals surface area contributed by atoms with Gasteiger partial charge in [-0.25, -0.2) is 5.84 Å². The number of carbonyl (C=O) groups excluding carboxylic acids is 1. The Bertz CT molecular complexity index is 523. The maximum Gasteiger partial charge on any atom is 0.296 e. The third kappa shape index (κ3) is 2.40. The first-order chi connectivity index (χ1) is 8.24. The Hall–Kier alpha value is -1.99. The van der Waals surface area contributed by atoms with Crippen molar-refractivity contribution in [1.82, 2.24) is 15.6 Å². The number of rotatable bonds is 3. The summed E-state index contributed by atoms with van der Waals surface area (Å²) in [6, 6.07) is 7.34. The van der Waals surface area contributed by atoms with Crippen molar-refractivity contribution in [2.45, 2.75) is 0 Å². The summed E-state index contributed by atoms with van der Waals surface area (Å²) >= 11 is 1.18. The molecule has 7 heteroatoms. The monoisotopic (exact) mass is 250 g/mol. The van der Waals surface area contributed by atoms with E-state index in [4.69, 9.17) is 10.6 Å². The number of nitrogens with two attached hydrogens (primary N) is 1. The van der Waals surface area contributed by atoms with Gasteiger partial charge in [0.05, 0.1) is 7.11 Å². The van der Waals surface area contributed by atoms with Gasteiger partial charge in [0, 0.05) is 5.56 Å². The lowest BCUT2D eigenvalue weighted by Crippen LogP contribution is -2.29. The second kappa shape index (κ2) is 4.89. The van der Waals surface area contributed by atoms with Gasteiger partial charge in [0.15, 0.2) is 0 Å². The molecule has 1 aromatic carbocycles. The molecule has 1 aromatic heterocycles. The summed E-state index contributed by atoms with van der Waals surface area (Å²) in [5, 5.41) is 8.57. The molecule has 2 aromatic rings. The van der Waals surface area contributed by atoms with E-state index in [0.717, 1.165) is 11.3 Å². The zero-order valence-corrected chi connectivity index (χ0v) is 9.82. The number of ether oxygens (including phenoxy) is 1. The molecule has 0 atom stereocenters. The average Bonchev–Trinajstić information content (AvgIpc) is 2.87. The highest BCUT2D eigenvalue weighted by Gasteiger charge is 2.12. The van der Waals surface area contributed by atoms with Crippen LogP contribution in [-0.4, -0.2) is 23.2 Å². The van der Waals surface area contributed by atoms with Crippen molar-refractivity contribution in [3.8, 4) is 16.3 Å². The number of hydrogen-bond acceptors (Lipinski definition) is 6. The fourth-order valence-electron chi connectivity index (χ4n) is 1.23. The van der Waals surface area contributed by atoms with Gasteiger partial charge in [-0.3, -0.25) is 10.2 Å². The van der Waals surface area contributed by atoms with Gasteiger partial charge in [0.2, 0.25) is 5.01 Å². The minimum Gasteiger partial charge on any atom is -0.497 e. The summed E-state index contributed by atoms with van der Waals surface area (Å²) in [4.78, 5) is 11.2. The quantitative estimate of drug-likeness (QED) is 0.478. The number of amides is 1. The molecule has 0 saturated heterocycles. The maximum atomic E-state index is 11.2. The van der Waals surface area contributed by atoms with Gasteiger partial charge in [-0.2, -0.15) is 0 Å². The highest BCUT2D eigenvalue weighted by Crippen LogP contribution is 2.25. The van der Waals surface area contributed by atoms with Gasteiger partial charge >= 0.3 is 0 Å². The Morgan fingerprint density at radius 1 is 1.35 bits per heavy atom. The molecule has 0 bridgehead atoms. The largest absolute Gasteiger partial charge is 0.497 e. The van der Waals surface area contributed by atoms with E-state index in [0.29, 0.717) is 5.01 Å². The normalized spacial score (nSPS) is 10.0. The van der Waals surface area contributed by atoms with E-state index in [-0.39, 0.29) is 5.01 Å².